The van der Waals surface area contributed by atoms with E-state index in [0.717, 1.165) is 13.1 Å². The molecule has 2 aromatic rings. The third-order valence-electron chi connectivity index (χ3n) is 3.00. The van der Waals surface area contributed by atoms with E-state index in [4.69, 9.17) is 4.98 Å². The Labute approximate surface area is 103 Å². The zero-order valence-electron chi connectivity index (χ0n) is 9.19. The van der Waals surface area contributed by atoms with E-state index in [9.17, 15) is 0 Å². The van der Waals surface area contributed by atoms with Crippen molar-refractivity contribution >= 4 is 22.7 Å². The molecule has 0 saturated carbocycles. The van der Waals surface area contributed by atoms with Gasteiger partial charge in [0.2, 0.25) is 0 Å². The van der Waals surface area contributed by atoms with Crippen LogP contribution in [0.15, 0.2) is 17.5 Å². The van der Waals surface area contributed by atoms with Crippen LogP contribution >= 0.6 is 22.7 Å². The van der Waals surface area contributed by atoms with Crippen LogP contribution in [0.5, 0.6) is 0 Å². The van der Waals surface area contributed by atoms with Crippen molar-refractivity contribution in [3.63, 3.8) is 0 Å². The molecule has 3 rings (SSSR count). The fraction of sp³-hybridized carbons (Fsp3) is 0.417. The average molecular weight is 250 g/mol. The molecule has 16 heavy (non-hydrogen) atoms. The SMILES string of the molecule is Cc1nc(-c2cccs2)sc1C1CCNC1. The number of rotatable bonds is 2. The highest BCUT2D eigenvalue weighted by Gasteiger charge is 2.22. The van der Waals surface area contributed by atoms with Gasteiger partial charge in [0.1, 0.15) is 5.01 Å². The number of nitrogens with one attached hydrogen (secondary N) is 1. The summed E-state index contributed by atoms with van der Waals surface area (Å²) >= 11 is 3.65. The zero-order chi connectivity index (χ0) is 11.0. The van der Waals surface area contributed by atoms with Crippen molar-refractivity contribution in [3.05, 3.63) is 28.1 Å². The van der Waals surface area contributed by atoms with Gasteiger partial charge in [0.05, 0.1) is 10.6 Å². The molecule has 3 heterocycles. The summed E-state index contributed by atoms with van der Waals surface area (Å²) in [7, 11) is 0. The van der Waals surface area contributed by atoms with Gasteiger partial charge in [0, 0.05) is 17.3 Å². The van der Waals surface area contributed by atoms with Crippen LogP contribution in [0.3, 0.4) is 0 Å². The first-order valence-electron chi connectivity index (χ1n) is 5.56. The van der Waals surface area contributed by atoms with E-state index in [1.54, 1.807) is 11.3 Å². The number of hydrogen-bond donors (Lipinski definition) is 1. The molecular weight excluding hydrogens is 236 g/mol. The lowest BCUT2D eigenvalue weighted by Crippen LogP contribution is -2.07. The summed E-state index contributed by atoms with van der Waals surface area (Å²) in [6.07, 6.45) is 1.26. The molecule has 0 aromatic carbocycles. The van der Waals surface area contributed by atoms with Gasteiger partial charge in [-0.15, -0.1) is 22.7 Å². The molecule has 1 saturated heterocycles. The summed E-state index contributed by atoms with van der Waals surface area (Å²) in [6.45, 7) is 4.41. The van der Waals surface area contributed by atoms with Crippen LogP contribution in [0.2, 0.25) is 0 Å². The molecule has 1 atom stereocenters. The lowest BCUT2D eigenvalue weighted by molar-refractivity contribution is 0.770. The third kappa shape index (κ3) is 1.81. The number of thiazole rings is 1. The molecule has 0 spiro atoms. The summed E-state index contributed by atoms with van der Waals surface area (Å²) in [6, 6.07) is 4.24. The van der Waals surface area contributed by atoms with Gasteiger partial charge >= 0.3 is 0 Å². The van der Waals surface area contributed by atoms with Gasteiger partial charge < -0.3 is 5.32 Å². The number of aryl methyl sites for hydroxylation is 1. The van der Waals surface area contributed by atoms with Crippen LogP contribution in [0.4, 0.5) is 0 Å². The van der Waals surface area contributed by atoms with Gasteiger partial charge in [0.25, 0.3) is 0 Å². The predicted molar refractivity (Wildman–Crippen MR) is 70.4 cm³/mol. The molecule has 2 aromatic heterocycles. The Hall–Kier alpha value is -0.710. The lowest BCUT2D eigenvalue weighted by Gasteiger charge is -2.04. The second-order valence-electron chi connectivity index (χ2n) is 4.14. The van der Waals surface area contributed by atoms with E-state index >= 15 is 0 Å². The quantitative estimate of drug-likeness (QED) is 0.885. The van der Waals surface area contributed by atoms with Crippen molar-refractivity contribution in [2.75, 3.05) is 13.1 Å². The first-order valence-corrected chi connectivity index (χ1v) is 7.26. The van der Waals surface area contributed by atoms with Crippen LogP contribution in [-0.4, -0.2) is 18.1 Å². The maximum absolute atomic E-state index is 4.70. The highest BCUT2D eigenvalue weighted by atomic mass is 32.1. The third-order valence-corrected chi connectivity index (χ3v) is 5.35. The molecule has 84 valence electrons. The smallest absolute Gasteiger partial charge is 0.133 e. The summed E-state index contributed by atoms with van der Waals surface area (Å²) in [4.78, 5) is 7.48. The number of nitrogens with zero attached hydrogens (tertiary/aromatic N) is 1. The second-order valence-corrected chi connectivity index (χ2v) is 6.11. The fourth-order valence-electron chi connectivity index (χ4n) is 2.17. The van der Waals surface area contributed by atoms with E-state index in [-0.39, 0.29) is 0 Å². The molecule has 1 aliphatic heterocycles. The molecule has 0 bridgehead atoms. The van der Waals surface area contributed by atoms with Gasteiger partial charge in [-0.25, -0.2) is 4.98 Å². The van der Waals surface area contributed by atoms with Crippen LogP contribution in [0.1, 0.15) is 22.9 Å². The van der Waals surface area contributed by atoms with Crippen molar-refractivity contribution in [2.45, 2.75) is 19.3 Å². The lowest BCUT2D eigenvalue weighted by atomic mass is 10.1. The van der Waals surface area contributed by atoms with Crippen LogP contribution in [-0.2, 0) is 0 Å². The van der Waals surface area contributed by atoms with Gasteiger partial charge in [0.15, 0.2) is 0 Å². The predicted octanol–water partition coefficient (Wildman–Crippen LogP) is 3.26. The van der Waals surface area contributed by atoms with Gasteiger partial charge in [-0.2, -0.15) is 0 Å². The molecule has 2 nitrogen and oxygen atoms in total. The minimum absolute atomic E-state index is 0.686. The number of hydrogen-bond acceptors (Lipinski definition) is 4. The monoisotopic (exact) mass is 250 g/mol. The molecular formula is C12H14N2S2. The minimum Gasteiger partial charge on any atom is -0.316 e. The minimum atomic E-state index is 0.686. The molecule has 0 amide bonds. The molecule has 1 unspecified atom stereocenters. The standard InChI is InChI=1S/C12H14N2S2/c1-8-11(9-4-5-13-7-9)16-12(14-8)10-3-2-6-15-10/h2-3,6,9,13H,4-5,7H2,1H3. The van der Waals surface area contributed by atoms with Crippen molar-refractivity contribution in [1.82, 2.24) is 10.3 Å². The van der Waals surface area contributed by atoms with Crippen molar-refractivity contribution < 1.29 is 0 Å². The Kier molecular flexibility index (Phi) is 2.79. The maximum atomic E-state index is 4.70. The molecule has 1 N–H and O–H groups in total. The first-order chi connectivity index (χ1) is 7.84. The molecule has 0 aliphatic carbocycles. The Balaban J connectivity index is 1.95. The largest absolute Gasteiger partial charge is 0.316 e. The highest BCUT2D eigenvalue weighted by molar-refractivity contribution is 7.21. The van der Waals surface area contributed by atoms with E-state index in [0.29, 0.717) is 5.92 Å². The van der Waals surface area contributed by atoms with Crippen LogP contribution < -0.4 is 5.32 Å². The Bertz CT molecular complexity index is 467. The van der Waals surface area contributed by atoms with Gasteiger partial charge in [-0.1, -0.05) is 6.07 Å². The Morgan fingerprint density at radius 3 is 3.12 bits per heavy atom. The van der Waals surface area contributed by atoms with E-state index in [2.05, 4.69) is 29.8 Å². The number of thiophene rings is 1. The summed E-state index contributed by atoms with van der Waals surface area (Å²) in [5.74, 6) is 0.686. The highest BCUT2D eigenvalue weighted by Crippen LogP contribution is 2.36. The van der Waals surface area contributed by atoms with E-state index < -0.39 is 0 Å². The Morgan fingerprint density at radius 2 is 2.44 bits per heavy atom. The van der Waals surface area contributed by atoms with Crippen LogP contribution in [0, 0.1) is 6.92 Å². The van der Waals surface area contributed by atoms with Gasteiger partial charge in [-0.3, -0.25) is 0 Å². The maximum Gasteiger partial charge on any atom is 0.133 e. The molecule has 1 fully saturated rings. The van der Waals surface area contributed by atoms with Crippen LogP contribution in [0.25, 0.3) is 9.88 Å². The van der Waals surface area contributed by atoms with Crippen molar-refractivity contribution in [2.24, 2.45) is 0 Å². The molecule has 0 radical (unpaired) electrons. The molecule has 4 heteroatoms. The van der Waals surface area contributed by atoms with Crippen molar-refractivity contribution in [3.8, 4) is 9.88 Å². The molecule has 1 aliphatic rings. The summed E-state index contributed by atoms with van der Waals surface area (Å²) in [5.41, 5.74) is 1.22. The van der Waals surface area contributed by atoms with Crippen molar-refractivity contribution in [1.29, 1.82) is 0 Å². The fourth-order valence-corrected chi connectivity index (χ4v) is 4.17. The second kappa shape index (κ2) is 4.28. The van der Waals surface area contributed by atoms with Gasteiger partial charge in [-0.05, 0) is 31.3 Å². The Morgan fingerprint density at radius 1 is 1.50 bits per heavy atom. The van der Waals surface area contributed by atoms with E-state index in [1.165, 1.54) is 26.9 Å². The number of aromatic nitrogens is 1. The van der Waals surface area contributed by atoms with E-state index in [1.807, 2.05) is 11.3 Å². The summed E-state index contributed by atoms with van der Waals surface area (Å²) in [5, 5.41) is 6.73. The normalized spacial score (nSPS) is 20.4. The summed E-state index contributed by atoms with van der Waals surface area (Å²) < 4.78 is 0. The zero-order valence-corrected chi connectivity index (χ0v) is 10.8. The average Bonchev–Trinajstić information content (AvgIpc) is 2.97. The topological polar surface area (TPSA) is 24.9 Å². The first kappa shape index (κ1) is 10.4.